The Labute approximate surface area is 90.5 Å². The van der Waals surface area contributed by atoms with Crippen molar-refractivity contribution in [1.82, 2.24) is 0 Å². The highest BCUT2D eigenvalue weighted by atomic mass is 32.2. The highest BCUT2D eigenvalue weighted by Crippen LogP contribution is 2.46. The molecule has 0 aliphatic rings. The second-order valence-electron chi connectivity index (χ2n) is 2.77. The van der Waals surface area contributed by atoms with E-state index in [2.05, 4.69) is 0 Å². The van der Waals surface area contributed by atoms with Crippen molar-refractivity contribution in [3.05, 3.63) is 18.2 Å². The third kappa shape index (κ3) is 1.35. The summed E-state index contributed by atoms with van der Waals surface area (Å²) in [5.41, 5.74) is 0. The number of fused-ring (bicyclic) bond motifs is 1. The maximum atomic E-state index is 9.64. The lowest BCUT2D eigenvalue weighted by molar-refractivity contribution is 0.385. The molecule has 0 bridgehead atoms. The molecule has 1 N–H and O–H groups in total. The van der Waals surface area contributed by atoms with Crippen molar-refractivity contribution in [3.63, 3.8) is 0 Å². The van der Waals surface area contributed by atoms with Crippen molar-refractivity contribution in [1.29, 1.82) is 0 Å². The summed E-state index contributed by atoms with van der Waals surface area (Å²) in [6, 6.07) is 6.01. The van der Waals surface area contributed by atoms with Gasteiger partial charge in [-0.3, -0.25) is 0 Å². The third-order valence-electron chi connectivity index (χ3n) is 2.04. The molecular weight excluding hydrogens is 216 g/mol. The van der Waals surface area contributed by atoms with E-state index >= 15 is 0 Å². The number of ether oxygens (including phenoxy) is 1. The lowest BCUT2D eigenvalue weighted by Crippen LogP contribution is -1.81. The Balaban J connectivity index is 2.82. The molecule has 0 radical (unpaired) electrons. The molecule has 2 aromatic rings. The molecule has 0 saturated carbocycles. The van der Waals surface area contributed by atoms with Gasteiger partial charge in [0.25, 0.3) is 0 Å². The van der Waals surface area contributed by atoms with E-state index in [0.29, 0.717) is 5.75 Å². The van der Waals surface area contributed by atoms with Gasteiger partial charge in [0.1, 0.15) is 0 Å². The Morgan fingerprint density at radius 1 is 1.43 bits per heavy atom. The third-order valence-corrected chi connectivity index (χ3v) is 3.76. The Morgan fingerprint density at radius 3 is 2.86 bits per heavy atom. The number of hydrogen-bond donors (Lipinski definition) is 1. The summed E-state index contributed by atoms with van der Waals surface area (Å²) < 4.78 is 6.25. The van der Waals surface area contributed by atoms with Gasteiger partial charge in [-0.25, -0.2) is 0 Å². The molecule has 0 aliphatic carbocycles. The molecule has 0 aliphatic heterocycles. The predicted molar refractivity (Wildman–Crippen MR) is 61.8 cm³/mol. The summed E-state index contributed by atoms with van der Waals surface area (Å²) >= 11 is 3.01. The zero-order valence-electron chi connectivity index (χ0n) is 7.90. The Hall–Kier alpha value is -0.870. The van der Waals surface area contributed by atoms with E-state index in [4.69, 9.17) is 4.74 Å². The van der Waals surface area contributed by atoms with Gasteiger partial charge in [-0.15, -0.1) is 11.8 Å². The van der Waals surface area contributed by atoms with E-state index in [1.807, 2.05) is 24.5 Å². The number of rotatable bonds is 2. The molecule has 0 unspecified atom stereocenters. The molecule has 14 heavy (non-hydrogen) atoms. The van der Waals surface area contributed by atoms with E-state index in [9.17, 15) is 5.11 Å². The molecule has 74 valence electrons. The highest BCUT2D eigenvalue weighted by molar-refractivity contribution is 7.98. The van der Waals surface area contributed by atoms with Gasteiger partial charge in [-0.1, -0.05) is 17.4 Å². The normalized spacial score (nSPS) is 10.7. The number of aromatic hydroxyl groups is 1. The highest BCUT2D eigenvalue weighted by Gasteiger charge is 2.14. The minimum Gasteiger partial charge on any atom is -0.497 e. The van der Waals surface area contributed by atoms with Crippen LogP contribution in [0.4, 0.5) is 0 Å². The first-order valence-corrected chi connectivity index (χ1v) is 6.14. The second kappa shape index (κ2) is 3.71. The fourth-order valence-corrected chi connectivity index (χ4v) is 3.06. The summed E-state index contributed by atoms with van der Waals surface area (Å²) in [7, 11) is 1.58. The van der Waals surface area contributed by atoms with Crippen LogP contribution < -0.4 is 4.74 Å². The molecule has 0 amide bonds. The van der Waals surface area contributed by atoms with Crippen LogP contribution in [0.5, 0.6) is 10.8 Å². The average Bonchev–Trinajstić information content (AvgIpc) is 2.52. The monoisotopic (exact) mass is 226 g/mol. The smallest absolute Gasteiger partial charge is 0.215 e. The zero-order chi connectivity index (χ0) is 10.1. The Kier molecular flexibility index (Phi) is 2.56. The van der Waals surface area contributed by atoms with Crippen molar-refractivity contribution in [2.75, 3.05) is 13.4 Å². The first-order chi connectivity index (χ1) is 6.77. The van der Waals surface area contributed by atoms with Crippen LogP contribution in [-0.2, 0) is 0 Å². The van der Waals surface area contributed by atoms with Gasteiger partial charge in [0, 0.05) is 9.60 Å². The standard InChI is InChI=1S/C10H10O2S2/c1-12-9-8-6(13-2)4-3-5-7(8)14-10(9)11/h3-5,11H,1-2H3. The van der Waals surface area contributed by atoms with Gasteiger partial charge < -0.3 is 9.84 Å². The average molecular weight is 226 g/mol. The number of methoxy groups -OCH3 is 1. The van der Waals surface area contributed by atoms with Gasteiger partial charge in [0.05, 0.1) is 12.5 Å². The molecule has 2 nitrogen and oxygen atoms in total. The van der Waals surface area contributed by atoms with Crippen LogP contribution >= 0.6 is 23.1 Å². The topological polar surface area (TPSA) is 29.5 Å². The minimum atomic E-state index is 0.254. The van der Waals surface area contributed by atoms with Gasteiger partial charge >= 0.3 is 0 Å². The minimum absolute atomic E-state index is 0.254. The molecule has 0 spiro atoms. The predicted octanol–water partition coefficient (Wildman–Crippen LogP) is 3.34. The van der Waals surface area contributed by atoms with Gasteiger partial charge in [-0.05, 0) is 18.4 Å². The number of thioether (sulfide) groups is 1. The van der Waals surface area contributed by atoms with Crippen LogP contribution in [0.3, 0.4) is 0 Å². The molecule has 2 rings (SSSR count). The maximum absolute atomic E-state index is 9.64. The van der Waals surface area contributed by atoms with Crippen LogP contribution in [-0.4, -0.2) is 18.5 Å². The lowest BCUT2D eigenvalue weighted by atomic mass is 10.2. The Bertz CT molecular complexity index is 462. The van der Waals surface area contributed by atoms with Gasteiger partial charge in [0.2, 0.25) is 5.06 Å². The summed E-state index contributed by atoms with van der Waals surface area (Å²) in [6.07, 6.45) is 2.02. The molecule has 1 aromatic heterocycles. The second-order valence-corrected chi connectivity index (χ2v) is 4.65. The van der Waals surface area contributed by atoms with E-state index < -0.39 is 0 Å². The first-order valence-electron chi connectivity index (χ1n) is 4.10. The SMILES string of the molecule is COc1c(O)sc2cccc(SC)c12. The van der Waals surface area contributed by atoms with Crippen molar-refractivity contribution < 1.29 is 9.84 Å². The van der Waals surface area contributed by atoms with Crippen LogP contribution in [0.15, 0.2) is 23.1 Å². The molecule has 0 fully saturated rings. The first kappa shape index (κ1) is 9.68. The fourth-order valence-electron chi connectivity index (χ4n) is 1.44. The number of hydrogen-bond acceptors (Lipinski definition) is 4. The van der Waals surface area contributed by atoms with Gasteiger partial charge in [0.15, 0.2) is 5.75 Å². The molecule has 0 atom stereocenters. The number of thiophene rings is 1. The fraction of sp³-hybridized carbons (Fsp3) is 0.200. The van der Waals surface area contributed by atoms with Crippen LogP contribution in [0.25, 0.3) is 10.1 Å². The molecule has 1 aromatic carbocycles. The van der Waals surface area contributed by atoms with Crippen LogP contribution in [0.1, 0.15) is 0 Å². The summed E-state index contributed by atoms with van der Waals surface area (Å²) in [4.78, 5) is 1.14. The van der Waals surface area contributed by atoms with Crippen LogP contribution in [0.2, 0.25) is 0 Å². The molecule has 4 heteroatoms. The van der Waals surface area contributed by atoms with E-state index in [1.54, 1.807) is 18.9 Å². The van der Waals surface area contributed by atoms with Gasteiger partial charge in [-0.2, -0.15) is 0 Å². The Morgan fingerprint density at radius 2 is 2.21 bits per heavy atom. The van der Waals surface area contributed by atoms with E-state index in [1.165, 1.54) is 11.3 Å². The van der Waals surface area contributed by atoms with Crippen molar-refractivity contribution in [2.24, 2.45) is 0 Å². The quantitative estimate of drug-likeness (QED) is 0.796. The van der Waals surface area contributed by atoms with E-state index in [0.717, 1.165) is 15.0 Å². The van der Waals surface area contributed by atoms with Crippen molar-refractivity contribution >= 4 is 33.2 Å². The van der Waals surface area contributed by atoms with Crippen molar-refractivity contribution in [3.8, 4) is 10.8 Å². The molecule has 1 heterocycles. The molecule has 0 saturated heterocycles. The van der Waals surface area contributed by atoms with Crippen LogP contribution in [0, 0.1) is 0 Å². The van der Waals surface area contributed by atoms with E-state index in [-0.39, 0.29) is 5.06 Å². The molecular formula is C10H10O2S2. The maximum Gasteiger partial charge on any atom is 0.215 e. The van der Waals surface area contributed by atoms with Crippen molar-refractivity contribution in [2.45, 2.75) is 4.90 Å². The zero-order valence-corrected chi connectivity index (χ0v) is 9.54. The summed E-state index contributed by atoms with van der Waals surface area (Å²) in [5, 5.41) is 10.9. The summed E-state index contributed by atoms with van der Waals surface area (Å²) in [6.45, 7) is 0. The largest absolute Gasteiger partial charge is 0.497 e. The number of benzene rings is 1. The summed E-state index contributed by atoms with van der Waals surface area (Å²) in [5.74, 6) is 0.593. The lowest BCUT2D eigenvalue weighted by Gasteiger charge is -2.01.